The van der Waals surface area contributed by atoms with Crippen LogP contribution < -0.4 is 10.1 Å². The van der Waals surface area contributed by atoms with Crippen LogP contribution in [0.5, 0.6) is 5.75 Å². The minimum atomic E-state index is -0.00317. The first kappa shape index (κ1) is 22.8. The summed E-state index contributed by atoms with van der Waals surface area (Å²) >= 11 is 1.80. The van der Waals surface area contributed by atoms with E-state index in [9.17, 15) is 0 Å². The van der Waals surface area contributed by atoms with E-state index in [1.807, 2.05) is 19.2 Å². The zero-order valence-corrected chi connectivity index (χ0v) is 19.4. The largest absolute Gasteiger partial charge is 0.497 e. The van der Waals surface area contributed by atoms with Gasteiger partial charge < -0.3 is 15.0 Å². The van der Waals surface area contributed by atoms with Crippen LogP contribution in [0.3, 0.4) is 0 Å². The SMILES string of the molecule is CN=C(NCC(C)(C)c1ccc(OC)cc1)N(C)CCc1cccs1.I. The third-order valence-corrected chi connectivity index (χ3v) is 5.34. The predicted octanol–water partition coefficient (Wildman–Crippen LogP) is 4.40. The van der Waals surface area contributed by atoms with E-state index in [0.29, 0.717) is 0 Å². The fourth-order valence-electron chi connectivity index (χ4n) is 2.67. The second kappa shape index (κ2) is 10.8. The maximum absolute atomic E-state index is 5.25. The molecule has 0 atom stereocenters. The molecule has 1 aromatic carbocycles. The molecule has 1 heterocycles. The fraction of sp³-hybridized carbons (Fsp3) is 0.450. The van der Waals surface area contributed by atoms with Crippen LogP contribution in [0.2, 0.25) is 0 Å². The van der Waals surface area contributed by atoms with Crippen LogP contribution in [0.4, 0.5) is 0 Å². The molecule has 0 aliphatic heterocycles. The van der Waals surface area contributed by atoms with Crippen LogP contribution in [0.1, 0.15) is 24.3 Å². The number of benzene rings is 1. The van der Waals surface area contributed by atoms with Gasteiger partial charge in [0.25, 0.3) is 0 Å². The van der Waals surface area contributed by atoms with Crippen LogP contribution in [-0.4, -0.2) is 45.2 Å². The molecule has 144 valence electrons. The van der Waals surface area contributed by atoms with E-state index in [-0.39, 0.29) is 29.4 Å². The smallest absolute Gasteiger partial charge is 0.193 e. The first-order chi connectivity index (χ1) is 12.0. The van der Waals surface area contributed by atoms with Crippen LogP contribution in [0.15, 0.2) is 46.8 Å². The van der Waals surface area contributed by atoms with Crippen LogP contribution in [0, 0.1) is 0 Å². The average Bonchev–Trinajstić information content (AvgIpc) is 3.14. The molecule has 0 fully saturated rings. The summed E-state index contributed by atoms with van der Waals surface area (Å²) in [5.41, 5.74) is 1.27. The van der Waals surface area contributed by atoms with Gasteiger partial charge in [0.05, 0.1) is 7.11 Å². The van der Waals surface area contributed by atoms with Crippen molar-refractivity contribution in [2.24, 2.45) is 4.99 Å². The third kappa shape index (κ3) is 6.46. The lowest BCUT2D eigenvalue weighted by atomic mass is 9.84. The molecule has 0 saturated heterocycles. The molecule has 0 bridgehead atoms. The number of thiophene rings is 1. The van der Waals surface area contributed by atoms with Gasteiger partial charge >= 0.3 is 0 Å². The highest BCUT2D eigenvalue weighted by Gasteiger charge is 2.21. The molecule has 0 saturated carbocycles. The summed E-state index contributed by atoms with van der Waals surface area (Å²) in [6.45, 7) is 6.24. The Morgan fingerprint density at radius 3 is 2.46 bits per heavy atom. The molecule has 26 heavy (non-hydrogen) atoms. The molecule has 0 aliphatic carbocycles. The predicted molar refractivity (Wildman–Crippen MR) is 123 cm³/mol. The summed E-state index contributed by atoms with van der Waals surface area (Å²) in [5, 5.41) is 5.64. The van der Waals surface area contributed by atoms with Crippen molar-refractivity contribution in [1.82, 2.24) is 10.2 Å². The molecule has 0 aliphatic rings. The number of likely N-dealkylation sites (N-methyl/N-ethyl adjacent to an activating group) is 1. The molecule has 1 N–H and O–H groups in total. The highest BCUT2D eigenvalue weighted by atomic mass is 127. The van der Waals surface area contributed by atoms with Gasteiger partial charge in [-0.1, -0.05) is 32.0 Å². The number of hydrogen-bond donors (Lipinski definition) is 1. The fourth-order valence-corrected chi connectivity index (χ4v) is 3.37. The van der Waals surface area contributed by atoms with Gasteiger partial charge in [-0.3, -0.25) is 4.99 Å². The van der Waals surface area contributed by atoms with E-state index in [1.54, 1.807) is 18.4 Å². The molecule has 6 heteroatoms. The number of methoxy groups -OCH3 is 1. The van der Waals surface area contributed by atoms with Crippen molar-refractivity contribution in [2.45, 2.75) is 25.7 Å². The first-order valence-corrected chi connectivity index (χ1v) is 9.43. The number of hydrogen-bond acceptors (Lipinski definition) is 3. The lowest BCUT2D eigenvalue weighted by Crippen LogP contribution is -2.44. The number of aliphatic imine (C=N–C) groups is 1. The van der Waals surface area contributed by atoms with Gasteiger partial charge in [0.2, 0.25) is 0 Å². The Balaban J connectivity index is 0.00000338. The number of ether oxygens (including phenoxy) is 1. The Hall–Kier alpha value is -1.28. The number of nitrogens with zero attached hydrogens (tertiary/aromatic N) is 2. The zero-order chi connectivity index (χ0) is 18.3. The minimum absolute atomic E-state index is 0. The highest BCUT2D eigenvalue weighted by molar-refractivity contribution is 14.0. The van der Waals surface area contributed by atoms with Crippen molar-refractivity contribution in [3.8, 4) is 5.75 Å². The Kier molecular flexibility index (Phi) is 9.43. The number of nitrogens with one attached hydrogen (secondary N) is 1. The normalized spacial score (nSPS) is 11.7. The van der Waals surface area contributed by atoms with Gasteiger partial charge in [-0.15, -0.1) is 35.3 Å². The second-order valence-corrected chi connectivity index (χ2v) is 7.80. The van der Waals surface area contributed by atoms with E-state index in [2.05, 4.69) is 65.7 Å². The van der Waals surface area contributed by atoms with E-state index in [1.165, 1.54) is 10.4 Å². The monoisotopic (exact) mass is 487 g/mol. The van der Waals surface area contributed by atoms with E-state index >= 15 is 0 Å². The van der Waals surface area contributed by atoms with Gasteiger partial charge in [-0.2, -0.15) is 0 Å². The summed E-state index contributed by atoms with van der Waals surface area (Å²) in [7, 11) is 5.62. The van der Waals surface area contributed by atoms with Crippen LogP contribution in [0.25, 0.3) is 0 Å². The summed E-state index contributed by atoms with van der Waals surface area (Å²) < 4.78 is 5.25. The zero-order valence-electron chi connectivity index (χ0n) is 16.3. The van der Waals surface area contributed by atoms with Crippen molar-refractivity contribution >= 4 is 41.3 Å². The van der Waals surface area contributed by atoms with Gasteiger partial charge in [0.15, 0.2) is 5.96 Å². The average molecular weight is 487 g/mol. The highest BCUT2D eigenvalue weighted by Crippen LogP contribution is 2.24. The molecule has 0 amide bonds. The Morgan fingerprint density at radius 1 is 1.23 bits per heavy atom. The molecule has 4 nitrogen and oxygen atoms in total. The van der Waals surface area contributed by atoms with Gasteiger partial charge in [0, 0.05) is 37.5 Å². The van der Waals surface area contributed by atoms with E-state index < -0.39 is 0 Å². The molecular weight excluding hydrogens is 457 g/mol. The van der Waals surface area contributed by atoms with Crippen molar-refractivity contribution < 1.29 is 4.74 Å². The van der Waals surface area contributed by atoms with Crippen molar-refractivity contribution in [2.75, 3.05) is 34.3 Å². The van der Waals surface area contributed by atoms with E-state index in [4.69, 9.17) is 4.74 Å². The standard InChI is InChI=1S/C20H29N3OS.HI/c1-20(2,16-8-10-17(24-5)11-9-16)15-22-19(21-3)23(4)13-12-18-7-6-14-25-18;/h6-11,14H,12-13,15H2,1-5H3,(H,21,22);1H. The maximum atomic E-state index is 5.25. The Bertz CT molecular complexity index is 669. The summed E-state index contributed by atoms with van der Waals surface area (Å²) in [5.74, 6) is 1.81. The first-order valence-electron chi connectivity index (χ1n) is 8.55. The molecule has 2 rings (SSSR count). The minimum Gasteiger partial charge on any atom is -0.497 e. The van der Waals surface area contributed by atoms with Crippen molar-refractivity contribution in [3.05, 3.63) is 52.2 Å². The number of rotatable bonds is 7. The van der Waals surface area contributed by atoms with E-state index in [0.717, 1.165) is 31.2 Å². The second-order valence-electron chi connectivity index (χ2n) is 6.76. The quantitative estimate of drug-likeness (QED) is 0.357. The summed E-state index contributed by atoms with van der Waals surface area (Å²) in [6.07, 6.45) is 1.04. The molecular formula is C20H30IN3OS. The molecule has 0 radical (unpaired) electrons. The third-order valence-electron chi connectivity index (χ3n) is 4.41. The molecule has 1 aromatic heterocycles. The number of guanidine groups is 1. The summed E-state index contributed by atoms with van der Waals surface area (Å²) in [4.78, 5) is 8.01. The van der Waals surface area contributed by atoms with Gasteiger partial charge in [-0.05, 0) is 35.6 Å². The molecule has 2 aromatic rings. The Morgan fingerprint density at radius 2 is 1.92 bits per heavy atom. The topological polar surface area (TPSA) is 36.9 Å². The van der Waals surface area contributed by atoms with Crippen molar-refractivity contribution in [1.29, 1.82) is 0 Å². The van der Waals surface area contributed by atoms with Crippen LogP contribution in [-0.2, 0) is 11.8 Å². The van der Waals surface area contributed by atoms with Gasteiger partial charge in [0.1, 0.15) is 5.75 Å². The lowest BCUT2D eigenvalue weighted by molar-refractivity contribution is 0.413. The Labute approximate surface area is 178 Å². The lowest BCUT2D eigenvalue weighted by Gasteiger charge is -2.29. The summed E-state index contributed by atoms with van der Waals surface area (Å²) in [6, 6.07) is 12.6. The van der Waals surface area contributed by atoms with Crippen LogP contribution >= 0.6 is 35.3 Å². The van der Waals surface area contributed by atoms with Gasteiger partial charge in [-0.25, -0.2) is 0 Å². The molecule has 0 unspecified atom stereocenters. The maximum Gasteiger partial charge on any atom is 0.193 e. The molecule has 0 spiro atoms. The number of halogens is 1. The van der Waals surface area contributed by atoms with Crippen molar-refractivity contribution in [3.63, 3.8) is 0 Å².